The standard InChI is InChI=1S/C16H29IN2O2/c1-10(2)13(9-11(3)12(4)20)19(8)15(21)14(18-17)16(5,6)7/h9-10,13-14,18H,1-8H3/b11-9+/t13-,14-/m1/s1. The summed E-state index contributed by atoms with van der Waals surface area (Å²) in [5.41, 5.74) is 0.524. The molecule has 0 aromatic rings. The van der Waals surface area contributed by atoms with Gasteiger partial charge in [0.15, 0.2) is 5.78 Å². The molecule has 122 valence electrons. The SMILES string of the molecule is CC(=O)/C(C)=C/[C@H](C(C)C)N(C)C(=O)[C@@H](NI)C(C)(C)C. The van der Waals surface area contributed by atoms with E-state index in [1.165, 1.54) is 0 Å². The van der Waals surface area contributed by atoms with Gasteiger partial charge in [0.25, 0.3) is 0 Å². The smallest absolute Gasteiger partial charge is 0.241 e. The Hall–Kier alpha value is -0.430. The summed E-state index contributed by atoms with van der Waals surface area (Å²) in [6.45, 7) is 13.6. The molecule has 21 heavy (non-hydrogen) atoms. The van der Waals surface area contributed by atoms with Gasteiger partial charge in [0, 0.05) is 29.9 Å². The minimum absolute atomic E-state index is 0.0425. The topological polar surface area (TPSA) is 49.4 Å². The number of ketones is 1. The Bertz CT molecular complexity index is 411. The summed E-state index contributed by atoms with van der Waals surface area (Å²) < 4.78 is 3.08. The van der Waals surface area contributed by atoms with Crippen molar-refractivity contribution < 1.29 is 9.59 Å². The largest absolute Gasteiger partial charge is 0.338 e. The molecule has 0 heterocycles. The number of rotatable bonds is 6. The van der Waals surface area contributed by atoms with Crippen molar-refractivity contribution in [1.82, 2.24) is 8.43 Å². The van der Waals surface area contributed by atoms with E-state index in [1.54, 1.807) is 18.7 Å². The van der Waals surface area contributed by atoms with E-state index in [1.807, 2.05) is 56.8 Å². The Morgan fingerprint density at radius 2 is 1.67 bits per heavy atom. The molecule has 0 fully saturated rings. The molecular formula is C16H29IN2O2. The molecule has 0 rings (SSSR count). The molecule has 0 saturated heterocycles. The summed E-state index contributed by atoms with van der Waals surface area (Å²) in [6, 6.07) is -0.355. The number of likely N-dealkylation sites (N-methyl/N-ethyl adjacent to an activating group) is 1. The Kier molecular flexibility index (Phi) is 8.10. The van der Waals surface area contributed by atoms with Gasteiger partial charge in [-0.25, -0.2) is 3.53 Å². The van der Waals surface area contributed by atoms with E-state index in [0.29, 0.717) is 5.57 Å². The second-order valence-corrected chi connectivity index (χ2v) is 7.62. The third kappa shape index (κ3) is 6.06. The van der Waals surface area contributed by atoms with Crippen molar-refractivity contribution >= 4 is 34.6 Å². The summed E-state index contributed by atoms with van der Waals surface area (Å²) >= 11 is 2.03. The maximum atomic E-state index is 12.8. The van der Waals surface area contributed by atoms with Crippen LogP contribution in [0, 0.1) is 11.3 Å². The average molecular weight is 408 g/mol. The molecule has 0 aliphatic heterocycles. The fourth-order valence-corrected chi connectivity index (χ4v) is 3.26. The molecule has 0 aliphatic carbocycles. The fourth-order valence-electron chi connectivity index (χ4n) is 2.06. The average Bonchev–Trinajstić information content (AvgIpc) is 2.32. The number of nitrogens with zero attached hydrogens (tertiary/aromatic N) is 1. The van der Waals surface area contributed by atoms with Gasteiger partial charge in [0.1, 0.15) is 6.04 Å². The Labute approximate surface area is 143 Å². The molecule has 0 unspecified atom stereocenters. The number of hydrogen-bond acceptors (Lipinski definition) is 3. The highest BCUT2D eigenvalue weighted by molar-refractivity contribution is 14.1. The number of Topliss-reactive ketones (excluding diaryl/α,β-unsaturated/α-hetero) is 1. The van der Waals surface area contributed by atoms with Gasteiger partial charge in [-0.3, -0.25) is 9.59 Å². The highest BCUT2D eigenvalue weighted by atomic mass is 127. The first-order valence-corrected chi connectivity index (χ1v) is 8.33. The van der Waals surface area contributed by atoms with Crippen LogP contribution in [0.2, 0.25) is 0 Å². The van der Waals surface area contributed by atoms with Gasteiger partial charge in [0.05, 0.1) is 6.04 Å². The first-order valence-electron chi connectivity index (χ1n) is 7.25. The molecule has 0 aromatic carbocycles. The van der Waals surface area contributed by atoms with Crippen LogP contribution >= 0.6 is 22.9 Å². The van der Waals surface area contributed by atoms with Crippen molar-refractivity contribution in [3.63, 3.8) is 0 Å². The van der Waals surface area contributed by atoms with Crippen LogP contribution in [0.4, 0.5) is 0 Å². The Morgan fingerprint density at radius 3 is 1.95 bits per heavy atom. The highest BCUT2D eigenvalue weighted by Gasteiger charge is 2.35. The van der Waals surface area contributed by atoms with Gasteiger partial charge < -0.3 is 4.90 Å². The molecular weight excluding hydrogens is 379 g/mol. The molecule has 1 N–H and O–H groups in total. The van der Waals surface area contributed by atoms with E-state index in [0.717, 1.165) is 0 Å². The number of halogens is 1. The van der Waals surface area contributed by atoms with Crippen molar-refractivity contribution in [2.45, 2.75) is 60.5 Å². The molecule has 0 saturated carbocycles. The van der Waals surface area contributed by atoms with E-state index in [2.05, 4.69) is 17.4 Å². The van der Waals surface area contributed by atoms with Crippen LogP contribution in [-0.4, -0.2) is 35.7 Å². The lowest BCUT2D eigenvalue weighted by Crippen LogP contribution is -2.52. The molecule has 0 aliphatic rings. The lowest BCUT2D eigenvalue weighted by atomic mass is 9.86. The van der Waals surface area contributed by atoms with Crippen molar-refractivity contribution in [3.05, 3.63) is 11.6 Å². The highest BCUT2D eigenvalue weighted by Crippen LogP contribution is 2.24. The van der Waals surface area contributed by atoms with E-state index in [4.69, 9.17) is 0 Å². The number of nitrogens with one attached hydrogen (secondary N) is 1. The second kappa shape index (κ2) is 8.27. The summed E-state index contributed by atoms with van der Waals surface area (Å²) in [4.78, 5) is 26.0. The zero-order valence-electron chi connectivity index (χ0n) is 14.5. The lowest BCUT2D eigenvalue weighted by molar-refractivity contribution is -0.136. The predicted molar refractivity (Wildman–Crippen MR) is 96.2 cm³/mol. The fraction of sp³-hybridized carbons (Fsp3) is 0.750. The zero-order valence-corrected chi connectivity index (χ0v) is 16.6. The molecule has 4 nitrogen and oxygen atoms in total. The molecule has 0 spiro atoms. The normalized spacial score (nSPS) is 15.8. The molecule has 0 aromatic heterocycles. The Morgan fingerprint density at radius 1 is 1.19 bits per heavy atom. The molecule has 1 amide bonds. The van der Waals surface area contributed by atoms with Crippen LogP contribution in [0.15, 0.2) is 11.6 Å². The predicted octanol–water partition coefficient (Wildman–Crippen LogP) is 3.36. The van der Waals surface area contributed by atoms with Crippen molar-refractivity contribution in [2.24, 2.45) is 11.3 Å². The molecule has 0 bridgehead atoms. The third-order valence-electron chi connectivity index (χ3n) is 3.68. The maximum Gasteiger partial charge on any atom is 0.241 e. The monoisotopic (exact) mass is 408 g/mol. The van der Waals surface area contributed by atoms with E-state index in [-0.39, 0.29) is 35.1 Å². The van der Waals surface area contributed by atoms with Crippen LogP contribution < -0.4 is 3.53 Å². The lowest BCUT2D eigenvalue weighted by Gasteiger charge is -2.36. The minimum Gasteiger partial charge on any atom is -0.338 e. The van der Waals surface area contributed by atoms with E-state index < -0.39 is 0 Å². The molecule has 2 atom stereocenters. The third-order valence-corrected chi connectivity index (χ3v) is 4.30. The Balaban J connectivity index is 5.41. The summed E-state index contributed by atoms with van der Waals surface area (Å²) in [5, 5.41) is 0. The summed E-state index contributed by atoms with van der Waals surface area (Å²) in [5.74, 6) is 0.326. The van der Waals surface area contributed by atoms with Crippen LogP contribution in [0.3, 0.4) is 0 Å². The number of allylic oxidation sites excluding steroid dienone is 1. The van der Waals surface area contributed by atoms with Gasteiger partial charge in [-0.15, -0.1) is 0 Å². The first-order chi connectivity index (χ1) is 9.43. The van der Waals surface area contributed by atoms with Crippen LogP contribution in [0.5, 0.6) is 0 Å². The quantitative estimate of drug-likeness (QED) is 0.417. The number of amides is 1. The number of carbonyl (C=O) groups is 2. The van der Waals surface area contributed by atoms with Gasteiger partial charge >= 0.3 is 0 Å². The second-order valence-electron chi connectivity index (χ2n) is 7.00. The van der Waals surface area contributed by atoms with Crippen molar-refractivity contribution in [3.8, 4) is 0 Å². The zero-order chi connectivity index (χ0) is 17.0. The van der Waals surface area contributed by atoms with Gasteiger partial charge in [-0.05, 0) is 30.8 Å². The number of hydrogen-bond donors (Lipinski definition) is 1. The van der Waals surface area contributed by atoms with Gasteiger partial charge in [-0.2, -0.15) is 0 Å². The van der Waals surface area contributed by atoms with E-state index in [9.17, 15) is 9.59 Å². The molecule has 0 radical (unpaired) electrons. The number of carbonyl (C=O) groups excluding carboxylic acids is 2. The van der Waals surface area contributed by atoms with Crippen LogP contribution in [0.1, 0.15) is 48.5 Å². The van der Waals surface area contributed by atoms with Crippen LogP contribution in [0.25, 0.3) is 0 Å². The van der Waals surface area contributed by atoms with Gasteiger partial charge in [0.2, 0.25) is 5.91 Å². The summed E-state index contributed by atoms with van der Waals surface area (Å²) in [6.07, 6.45) is 1.90. The molecule has 5 heteroatoms. The first kappa shape index (κ1) is 20.6. The van der Waals surface area contributed by atoms with Crippen LogP contribution in [-0.2, 0) is 9.59 Å². The summed E-state index contributed by atoms with van der Waals surface area (Å²) in [7, 11) is 1.81. The maximum absolute atomic E-state index is 12.8. The van der Waals surface area contributed by atoms with E-state index >= 15 is 0 Å². The minimum atomic E-state index is -0.268. The van der Waals surface area contributed by atoms with Crippen molar-refractivity contribution in [1.29, 1.82) is 0 Å². The van der Waals surface area contributed by atoms with Gasteiger partial charge in [-0.1, -0.05) is 40.7 Å². The van der Waals surface area contributed by atoms with Crippen molar-refractivity contribution in [2.75, 3.05) is 7.05 Å².